The number of hydrogen-bond acceptors (Lipinski definition) is 2. The quantitative estimate of drug-likeness (QED) is 0.917. The number of rotatable bonds is 2. The van der Waals surface area contributed by atoms with Crippen LogP contribution in [0.25, 0.3) is 11.3 Å². The van der Waals surface area contributed by atoms with Crippen LogP contribution in [0, 0.1) is 5.41 Å². The summed E-state index contributed by atoms with van der Waals surface area (Å²) in [7, 11) is 0. The molecular weight excluding hydrogens is 262 g/mol. The van der Waals surface area contributed by atoms with E-state index in [1.165, 1.54) is 0 Å². The van der Waals surface area contributed by atoms with E-state index in [1.807, 2.05) is 45.2 Å². The van der Waals surface area contributed by atoms with Crippen molar-refractivity contribution >= 4 is 11.6 Å². The van der Waals surface area contributed by atoms with Crippen molar-refractivity contribution in [2.45, 2.75) is 40.2 Å². The molecule has 4 nitrogen and oxygen atoms in total. The number of carbonyl (C=O) groups excluding carboxylic acids is 1. The van der Waals surface area contributed by atoms with Gasteiger partial charge in [0.1, 0.15) is 5.82 Å². The van der Waals surface area contributed by atoms with Crippen molar-refractivity contribution in [1.29, 1.82) is 0 Å². The van der Waals surface area contributed by atoms with E-state index in [9.17, 15) is 4.79 Å². The van der Waals surface area contributed by atoms with Gasteiger partial charge in [-0.1, -0.05) is 32.9 Å². The number of nitrogens with one attached hydrogen (secondary N) is 1. The second kappa shape index (κ2) is 5.02. The average Bonchev–Trinajstić information content (AvgIpc) is 3.00. The number of aromatic nitrogens is 2. The Labute approximate surface area is 125 Å². The summed E-state index contributed by atoms with van der Waals surface area (Å²) >= 11 is 0. The molecule has 0 spiro atoms. The van der Waals surface area contributed by atoms with Gasteiger partial charge in [0, 0.05) is 29.6 Å². The van der Waals surface area contributed by atoms with Gasteiger partial charge >= 0.3 is 0 Å². The van der Waals surface area contributed by atoms with E-state index in [0.29, 0.717) is 0 Å². The number of imidazole rings is 1. The summed E-state index contributed by atoms with van der Waals surface area (Å²) in [5.41, 5.74) is 2.67. The number of nitrogens with zero attached hydrogens (tertiary/aromatic N) is 2. The van der Waals surface area contributed by atoms with Gasteiger partial charge in [-0.25, -0.2) is 4.98 Å². The second-order valence-corrected chi connectivity index (χ2v) is 6.60. The zero-order chi connectivity index (χ0) is 15.0. The van der Waals surface area contributed by atoms with Gasteiger partial charge in [0.25, 0.3) is 0 Å². The van der Waals surface area contributed by atoms with E-state index < -0.39 is 5.41 Å². The van der Waals surface area contributed by atoms with Crippen LogP contribution in [0.4, 0.5) is 5.69 Å². The molecule has 3 rings (SSSR count). The molecule has 21 heavy (non-hydrogen) atoms. The number of benzene rings is 1. The average molecular weight is 283 g/mol. The number of hydrogen-bond donors (Lipinski definition) is 1. The molecule has 2 aromatic rings. The Kier molecular flexibility index (Phi) is 3.32. The Morgan fingerprint density at radius 2 is 2.14 bits per heavy atom. The SMILES string of the molecule is CC(C)(C)C(=O)Nc1cccc(-c2cnc3n2CCC3)c1. The Morgan fingerprint density at radius 1 is 1.33 bits per heavy atom. The highest BCUT2D eigenvalue weighted by Gasteiger charge is 2.21. The number of amides is 1. The standard InChI is InChI=1S/C17H21N3O/c1-17(2,3)16(21)19-13-7-4-6-12(10-13)14-11-18-15-8-5-9-20(14)15/h4,6-7,10-11H,5,8-9H2,1-3H3,(H,19,21). The minimum atomic E-state index is -0.395. The first-order chi connectivity index (χ1) is 9.95. The number of fused-ring (bicyclic) bond motifs is 1. The van der Waals surface area contributed by atoms with Crippen LogP contribution in [0.2, 0.25) is 0 Å². The molecule has 1 aromatic heterocycles. The van der Waals surface area contributed by atoms with Gasteiger partial charge in [-0.05, 0) is 18.6 Å². The van der Waals surface area contributed by atoms with Crippen molar-refractivity contribution in [3.63, 3.8) is 0 Å². The van der Waals surface area contributed by atoms with Crippen molar-refractivity contribution in [1.82, 2.24) is 9.55 Å². The molecule has 1 aliphatic heterocycles. The molecule has 1 aliphatic rings. The van der Waals surface area contributed by atoms with E-state index in [2.05, 4.69) is 20.9 Å². The molecule has 2 heterocycles. The van der Waals surface area contributed by atoms with Crippen molar-refractivity contribution in [3.05, 3.63) is 36.3 Å². The monoisotopic (exact) mass is 283 g/mol. The number of aryl methyl sites for hydroxylation is 1. The van der Waals surface area contributed by atoms with Crippen molar-refractivity contribution in [3.8, 4) is 11.3 Å². The molecular formula is C17H21N3O. The molecule has 0 unspecified atom stereocenters. The molecule has 110 valence electrons. The molecule has 0 atom stereocenters. The van der Waals surface area contributed by atoms with Gasteiger partial charge in [-0.3, -0.25) is 4.79 Å². The lowest BCUT2D eigenvalue weighted by molar-refractivity contribution is -0.123. The first kappa shape index (κ1) is 13.9. The van der Waals surface area contributed by atoms with E-state index in [4.69, 9.17) is 0 Å². The maximum absolute atomic E-state index is 12.1. The van der Waals surface area contributed by atoms with Crippen LogP contribution in [0.15, 0.2) is 30.5 Å². The highest BCUT2D eigenvalue weighted by atomic mass is 16.2. The lowest BCUT2D eigenvalue weighted by Crippen LogP contribution is -2.27. The Hall–Kier alpha value is -2.10. The van der Waals surface area contributed by atoms with Crippen LogP contribution in [0.1, 0.15) is 33.0 Å². The Morgan fingerprint density at radius 3 is 2.90 bits per heavy atom. The molecule has 1 amide bonds. The van der Waals surface area contributed by atoms with Crippen LogP contribution >= 0.6 is 0 Å². The van der Waals surface area contributed by atoms with Crippen LogP contribution in [0.3, 0.4) is 0 Å². The summed E-state index contributed by atoms with van der Waals surface area (Å²) in [5.74, 6) is 1.19. The fraction of sp³-hybridized carbons (Fsp3) is 0.412. The molecule has 0 bridgehead atoms. The molecule has 0 saturated heterocycles. The lowest BCUT2D eigenvalue weighted by Gasteiger charge is -2.18. The molecule has 1 aromatic carbocycles. The molecule has 1 N–H and O–H groups in total. The van der Waals surface area contributed by atoms with Gasteiger partial charge in [0.15, 0.2) is 0 Å². The molecule has 0 saturated carbocycles. The van der Waals surface area contributed by atoms with Crippen molar-refractivity contribution < 1.29 is 4.79 Å². The third-order valence-corrected chi connectivity index (χ3v) is 3.82. The molecule has 0 radical (unpaired) electrons. The number of carbonyl (C=O) groups is 1. The predicted octanol–water partition coefficient (Wildman–Crippen LogP) is 3.48. The van der Waals surface area contributed by atoms with Gasteiger partial charge < -0.3 is 9.88 Å². The zero-order valence-electron chi connectivity index (χ0n) is 12.8. The van der Waals surface area contributed by atoms with Gasteiger partial charge in [-0.15, -0.1) is 0 Å². The summed E-state index contributed by atoms with van der Waals surface area (Å²) in [4.78, 5) is 16.6. The van der Waals surface area contributed by atoms with Crippen LogP contribution in [-0.4, -0.2) is 15.5 Å². The first-order valence-corrected chi connectivity index (χ1v) is 7.41. The fourth-order valence-corrected chi connectivity index (χ4v) is 2.56. The Balaban J connectivity index is 1.88. The maximum atomic E-state index is 12.1. The summed E-state index contributed by atoms with van der Waals surface area (Å²) in [5, 5.41) is 2.98. The van der Waals surface area contributed by atoms with E-state index in [-0.39, 0.29) is 5.91 Å². The Bertz CT molecular complexity index is 680. The van der Waals surface area contributed by atoms with Gasteiger partial charge in [0.2, 0.25) is 5.91 Å². The third-order valence-electron chi connectivity index (χ3n) is 3.82. The largest absolute Gasteiger partial charge is 0.328 e. The fourth-order valence-electron chi connectivity index (χ4n) is 2.56. The van der Waals surface area contributed by atoms with E-state index >= 15 is 0 Å². The van der Waals surface area contributed by atoms with E-state index in [0.717, 1.165) is 42.2 Å². The van der Waals surface area contributed by atoms with Crippen LogP contribution in [-0.2, 0) is 17.8 Å². The summed E-state index contributed by atoms with van der Waals surface area (Å²) < 4.78 is 2.27. The van der Waals surface area contributed by atoms with Crippen molar-refractivity contribution in [2.75, 3.05) is 5.32 Å². The van der Waals surface area contributed by atoms with Gasteiger partial charge in [0.05, 0.1) is 11.9 Å². The van der Waals surface area contributed by atoms with Crippen LogP contribution < -0.4 is 5.32 Å². The second-order valence-electron chi connectivity index (χ2n) is 6.60. The molecule has 0 aliphatic carbocycles. The highest BCUT2D eigenvalue weighted by Crippen LogP contribution is 2.28. The maximum Gasteiger partial charge on any atom is 0.229 e. The summed E-state index contributed by atoms with van der Waals surface area (Å²) in [6, 6.07) is 7.98. The zero-order valence-corrected chi connectivity index (χ0v) is 12.8. The summed E-state index contributed by atoms with van der Waals surface area (Å²) in [6.07, 6.45) is 4.15. The third kappa shape index (κ3) is 2.71. The molecule has 4 heteroatoms. The van der Waals surface area contributed by atoms with Crippen molar-refractivity contribution in [2.24, 2.45) is 5.41 Å². The van der Waals surface area contributed by atoms with Gasteiger partial charge in [-0.2, -0.15) is 0 Å². The smallest absolute Gasteiger partial charge is 0.229 e. The first-order valence-electron chi connectivity index (χ1n) is 7.41. The topological polar surface area (TPSA) is 46.9 Å². The summed E-state index contributed by atoms with van der Waals surface area (Å²) in [6.45, 7) is 6.77. The number of anilines is 1. The van der Waals surface area contributed by atoms with Crippen LogP contribution in [0.5, 0.6) is 0 Å². The molecule has 0 fully saturated rings. The predicted molar refractivity (Wildman–Crippen MR) is 84.1 cm³/mol. The van der Waals surface area contributed by atoms with E-state index in [1.54, 1.807) is 0 Å². The normalized spacial score (nSPS) is 14.0. The lowest BCUT2D eigenvalue weighted by atomic mass is 9.95. The minimum absolute atomic E-state index is 0.0261. The minimum Gasteiger partial charge on any atom is -0.328 e. The highest BCUT2D eigenvalue weighted by molar-refractivity contribution is 5.95.